The SMILES string of the molecule is CC[C@H]1CN(c2cc(F)c(N3CCN(C(C)=O)CC3)c(F)c2)C(=O)O1. The Morgan fingerprint density at radius 3 is 2.28 bits per heavy atom. The lowest BCUT2D eigenvalue weighted by molar-refractivity contribution is -0.129. The van der Waals surface area contributed by atoms with Crippen LogP contribution in [0.2, 0.25) is 0 Å². The number of amides is 2. The van der Waals surface area contributed by atoms with Crippen molar-refractivity contribution in [3.63, 3.8) is 0 Å². The summed E-state index contributed by atoms with van der Waals surface area (Å²) < 4.78 is 34.3. The van der Waals surface area contributed by atoms with Crippen LogP contribution in [0.1, 0.15) is 20.3 Å². The summed E-state index contributed by atoms with van der Waals surface area (Å²) >= 11 is 0. The molecular weight excluding hydrogens is 332 g/mol. The molecule has 0 spiro atoms. The molecule has 25 heavy (non-hydrogen) atoms. The van der Waals surface area contributed by atoms with Crippen LogP contribution in [0.5, 0.6) is 0 Å². The van der Waals surface area contributed by atoms with E-state index in [4.69, 9.17) is 4.74 Å². The zero-order valence-electron chi connectivity index (χ0n) is 14.3. The van der Waals surface area contributed by atoms with Gasteiger partial charge in [0.25, 0.3) is 0 Å². The van der Waals surface area contributed by atoms with Crippen LogP contribution in [0.25, 0.3) is 0 Å². The minimum Gasteiger partial charge on any atom is -0.444 e. The molecule has 2 saturated heterocycles. The standard InChI is InChI=1S/C17H21F2N3O3/c1-3-13-10-22(17(24)25-13)12-8-14(18)16(15(19)9-12)21-6-4-20(5-7-21)11(2)23/h8-9,13H,3-7,10H2,1-2H3/t13-/m0/s1. The predicted molar refractivity (Wildman–Crippen MR) is 88.7 cm³/mol. The fraction of sp³-hybridized carbons (Fsp3) is 0.529. The van der Waals surface area contributed by atoms with E-state index in [9.17, 15) is 18.4 Å². The van der Waals surface area contributed by atoms with Crippen LogP contribution in [-0.2, 0) is 9.53 Å². The highest BCUT2D eigenvalue weighted by Gasteiger charge is 2.33. The van der Waals surface area contributed by atoms with Gasteiger partial charge < -0.3 is 14.5 Å². The number of ether oxygens (including phenoxy) is 1. The Bertz CT molecular complexity index is 667. The van der Waals surface area contributed by atoms with Crippen LogP contribution in [0.15, 0.2) is 12.1 Å². The number of halogens is 2. The van der Waals surface area contributed by atoms with Gasteiger partial charge >= 0.3 is 6.09 Å². The predicted octanol–water partition coefficient (Wildman–Crippen LogP) is 2.37. The lowest BCUT2D eigenvalue weighted by Gasteiger charge is -2.36. The van der Waals surface area contributed by atoms with Gasteiger partial charge in [0.15, 0.2) is 11.6 Å². The molecule has 8 heteroatoms. The Morgan fingerprint density at radius 2 is 1.80 bits per heavy atom. The first-order chi connectivity index (χ1) is 11.9. The normalized spacial score (nSPS) is 20.9. The van der Waals surface area contributed by atoms with Crippen LogP contribution < -0.4 is 9.80 Å². The third-order valence-corrected chi connectivity index (χ3v) is 4.68. The van der Waals surface area contributed by atoms with Gasteiger partial charge in [0.05, 0.1) is 12.2 Å². The van der Waals surface area contributed by atoms with Crippen molar-refractivity contribution in [3.05, 3.63) is 23.8 Å². The number of carbonyl (C=O) groups excluding carboxylic acids is 2. The number of anilines is 2. The zero-order valence-corrected chi connectivity index (χ0v) is 14.3. The largest absolute Gasteiger partial charge is 0.444 e. The van der Waals surface area contributed by atoms with Crippen LogP contribution in [0, 0.1) is 11.6 Å². The first kappa shape index (κ1) is 17.4. The van der Waals surface area contributed by atoms with Gasteiger partial charge in [-0.2, -0.15) is 0 Å². The summed E-state index contributed by atoms with van der Waals surface area (Å²) in [5, 5.41) is 0. The molecule has 0 aliphatic carbocycles. The van der Waals surface area contributed by atoms with E-state index in [2.05, 4.69) is 0 Å². The van der Waals surface area contributed by atoms with Crippen LogP contribution in [0.4, 0.5) is 25.0 Å². The maximum Gasteiger partial charge on any atom is 0.414 e. The molecule has 0 unspecified atom stereocenters. The summed E-state index contributed by atoms with van der Waals surface area (Å²) in [7, 11) is 0. The van der Waals surface area contributed by atoms with Gasteiger partial charge in [0.1, 0.15) is 11.8 Å². The summed E-state index contributed by atoms with van der Waals surface area (Å²) in [6.07, 6.45) is -0.211. The maximum absolute atomic E-state index is 14.6. The average molecular weight is 353 g/mol. The quantitative estimate of drug-likeness (QED) is 0.837. The van der Waals surface area contributed by atoms with E-state index in [-0.39, 0.29) is 29.9 Å². The fourth-order valence-electron chi connectivity index (χ4n) is 3.20. The van der Waals surface area contributed by atoms with Crippen LogP contribution in [-0.4, -0.2) is 55.7 Å². The third kappa shape index (κ3) is 3.38. The first-order valence-corrected chi connectivity index (χ1v) is 8.38. The molecule has 6 nitrogen and oxygen atoms in total. The maximum atomic E-state index is 14.6. The molecule has 3 rings (SSSR count). The van der Waals surface area contributed by atoms with Gasteiger partial charge in [-0.3, -0.25) is 9.69 Å². The molecule has 2 fully saturated rings. The summed E-state index contributed by atoms with van der Waals surface area (Å²) in [5.41, 5.74) is 0.0358. The highest BCUT2D eigenvalue weighted by atomic mass is 19.1. The Morgan fingerprint density at radius 1 is 1.20 bits per heavy atom. The van der Waals surface area contributed by atoms with Crippen LogP contribution in [0.3, 0.4) is 0 Å². The second-order valence-electron chi connectivity index (χ2n) is 6.28. The molecule has 2 aliphatic heterocycles. The van der Waals surface area contributed by atoms with Gasteiger partial charge in [-0.05, 0) is 6.42 Å². The summed E-state index contributed by atoms with van der Waals surface area (Å²) in [6.45, 7) is 5.20. The summed E-state index contributed by atoms with van der Waals surface area (Å²) in [6, 6.07) is 2.32. The van der Waals surface area contributed by atoms with Crippen molar-refractivity contribution in [3.8, 4) is 0 Å². The molecule has 0 radical (unpaired) electrons. The van der Waals surface area contributed by atoms with Crippen molar-refractivity contribution >= 4 is 23.4 Å². The minimum absolute atomic E-state index is 0.0473. The molecule has 2 amide bonds. The number of hydrogen-bond acceptors (Lipinski definition) is 4. The molecule has 1 aromatic carbocycles. The van der Waals surface area contributed by atoms with Gasteiger partial charge in [0.2, 0.25) is 5.91 Å². The molecule has 136 valence electrons. The van der Waals surface area contributed by atoms with Crippen molar-refractivity contribution in [2.45, 2.75) is 26.4 Å². The molecule has 1 atom stereocenters. The molecule has 0 aromatic heterocycles. The van der Waals surface area contributed by atoms with Crippen molar-refractivity contribution < 1.29 is 23.1 Å². The van der Waals surface area contributed by atoms with Gasteiger partial charge in [-0.15, -0.1) is 0 Å². The highest BCUT2D eigenvalue weighted by Crippen LogP contribution is 2.31. The Labute approximate surface area is 144 Å². The molecule has 2 heterocycles. The number of piperazine rings is 1. The molecule has 2 aliphatic rings. The van der Waals surface area contributed by atoms with E-state index in [1.54, 1.807) is 9.80 Å². The topological polar surface area (TPSA) is 53.1 Å². The molecule has 0 saturated carbocycles. The minimum atomic E-state index is -0.723. The Balaban J connectivity index is 1.80. The van der Waals surface area contributed by atoms with E-state index in [0.29, 0.717) is 32.6 Å². The number of hydrogen-bond donors (Lipinski definition) is 0. The smallest absolute Gasteiger partial charge is 0.414 e. The molecular formula is C17H21F2N3O3. The van der Waals surface area contributed by atoms with Gasteiger partial charge in [-0.25, -0.2) is 13.6 Å². The second kappa shape index (κ2) is 6.85. The highest BCUT2D eigenvalue weighted by molar-refractivity contribution is 5.90. The van der Waals surface area contributed by atoms with E-state index >= 15 is 0 Å². The third-order valence-electron chi connectivity index (χ3n) is 4.68. The number of nitrogens with zero attached hydrogens (tertiary/aromatic N) is 3. The summed E-state index contributed by atoms with van der Waals surface area (Å²) in [5.74, 6) is -1.49. The van der Waals surface area contributed by atoms with Crippen molar-refractivity contribution in [2.75, 3.05) is 42.5 Å². The molecule has 1 aromatic rings. The monoisotopic (exact) mass is 353 g/mol. The van der Waals surface area contributed by atoms with Crippen molar-refractivity contribution in [1.82, 2.24) is 4.90 Å². The second-order valence-corrected chi connectivity index (χ2v) is 6.28. The fourth-order valence-corrected chi connectivity index (χ4v) is 3.20. The Kier molecular flexibility index (Phi) is 4.78. The van der Waals surface area contributed by atoms with E-state index in [0.717, 1.165) is 12.1 Å². The zero-order chi connectivity index (χ0) is 18.1. The first-order valence-electron chi connectivity index (χ1n) is 8.38. The van der Waals surface area contributed by atoms with E-state index in [1.165, 1.54) is 11.8 Å². The van der Waals surface area contributed by atoms with Crippen molar-refractivity contribution in [2.24, 2.45) is 0 Å². The summed E-state index contributed by atoms with van der Waals surface area (Å²) in [4.78, 5) is 27.7. The lowest BCUT2D eigenvalue weighted by Crippen LogP contribution is -2.48. The van der Waals surface area contributed by atoms with Gasteiger partial charge in [0, 0.05) is 45.2 Å². The Hall–Kier alpha value is -2.38. The molecule has 0 N–H and O–H groups in total. The number of rotatable bonds is 3. The number of carbonyl (C=O) groups is 2. The average Bonchev–Trinajstić information content (AvgIpc) is 2.95. The van der Waals surface area contributed by atoms with Crippen LogP contribution >= 0.6 is 0 Å². The van der Waals surface area contributed by atoms with Crippen molar-refractivity contribution in [1.29, 1.82) is 0 Å². The van der Waals surface area contributed by atoms with E-state index in [1.807, 2.05) is 6.92 Å². The van der Waals surface area contributed by atoms with E-state index < -0.39 is 17.7 Å². The van der Waals surface area contributed by atoms with Gasteiger partial charge in [-0.1, -0.05) is 6.92 Å². The lowest BCUT2D eigenvalue weighted by atomic mass is 10.2. The molecule has 0 bridgehead atoms. The number of cyclic esters (lactones) is 1. The number of benzene rings is 1.